The van der Waals surface area contributed by atoms with Crippen LogP contribution in [0.2, 0.25) is 0 Å². The average molecular weight is 978 g/mol. The first-order chi connectivity index (χ1) is 32.0. The summed E-state index contributed by atoms with van der Waals surface area (Å²) in [6, 6.07) is 15.6. The highest BCUT2D eigenvalue weighted by molar-refractivity contribution is 8.77. The first-order valence-corrected chi connectivity index (χ1v) is 23.8. The molecule has 0 saturated carbocycles. The van der Waals surface area contributed by atoms with E-state index in [0.29, 0.717) is 60.2 Å². The second kappa shape index (κ2) is 20.7. The Kier molecular flexibility index (Phi) is 15.1. The summed E-state index contributed by atoms with van der Waals surface area (Å²) in [6.45, 7) is 5.96. The van der Waals surface area contributed by atoms with E-state index >= 15 is 0 Å². The number of nitrogens with zero attached hydrogens (tertiary/aromatic N) is 3. The molecular formula is C46H48ClN5O13S2. The predicted molar refractivity (Wildman–Crippen MR) is 251 cm³/mol. The number of ether oxygens (including phenoxy) is 4. The third-order valence-electron chi connectivity index (χ3n) is 11.0. The quantitative estimate of drug-likeness (QED) is 0.0283. The lowest BCUT2D eigenvalue weighted by molar-refractivity contribution is -0.198. The van der Waals surface area contributed by atoms with Gasteiger partial charge in [-0.05, 0) is 62.7 Å². The Morgan fingerprint density at radius 3 is 2.48 bits per heavy atom. The number of carbonyl (C=O) groups excluding carboxylic acids is 7. The summed E-state index contributed by atoms with van der Waals surface area (Å²) in [6.07, 6.45) is -0.800. The Bertz CT molecular complexity index is 2760. The molecule has 2 N–H and O–H groups in total. The molecule has 21 heteroatoms. The smallest absolute Gasteiger partial charge is 0.419 e. The second-order valence-electron chi connectivity index (χ2n) is 16.2. The number of para-hydroxylation sites is 1. The van der Waals surface area contributed by atoms with Gasteiger partial charge in [-0.2, -0.15) is 0 Å². The Morgan fingerprint density at radius 2 is 1.76 bits per heavy atom. The molecule has 7 rings (SSSR count). The minimum absolute atomic E-state index is 0.00273. The summed E-state index contributed by atoms with van der Waals surface area (Å²) in [5, 5.41) is 4.37. The van der Waals surface area contributed by atoms with Gasteiger partial charge in [0.2, 0.25) is 5.91 Å². The number of hydroxylamine groups is 2. The standard InChI is InChI=1S/C46H48ClN5O13S2/c1-25-39(44(58)61-6)41-40-27(23-47)24-51(43(57)33-20-26-19-28(60-5)11-12-31(26)63-33)30(40)21-32(42(41)49-25)64-45(59)50(4)29-9-7-8-10-34(29)66-67-46(2,3)22-35(53)48-16-18-62-17-15-38(56)65-52-36(54)13-14-37(52)55/h7-12,19-21,27,49H,13-18,22-24H2,1-6H3,(H,48,53)/t27-/m1/s1. The number of halogens is 1. The highest BCUT2D eigenvalue weighted by Crippen LogP contribution is 2.49. The molecule has 2 aliphatic rings. The normalized spacial score (nSPS) is 14.7. The van der Waals surface area contributed by atoms with E-state index in [2.05, 4.69) is 10.3 Å². The molecule has 67 heavy (non-hydrogen) atoms. The van der Waals surface area contributed by atoms with Gasteiger partial charge in [0.05, 0.1) is 56.3 Å². The van der Waals surface area contributed by atoms with E-state index in [4.69, 9.17) is 39.8 Å². The number of aromatic amines is 1. The molecule has 1 fully saturated rings. The molecule has 2 aliphatic heterocycles. The number of rotatable bonds is 18. The van der Waals surface area contributed by atoms with Crippen LogP contribution in [0.4, 0.5) is 16.2 Å². The van der Waals surface area contributed by atoms with Crippen LogP contribution in [0.3, 0.4) is 0 Å². The number of nitrogens with one attached hydrogen (secondary N) is 2. The van der Waals surface area contributed by atoms with Gasteiger partial charge < -0.3 is 43.4 Å². The van der Waals surface area contributed by atoms with E-state index in [0.717, 1.165) is 0 Å². The summed E-state index contributed by atoms with van der Waals surface area (Å²) in [5.74, 6) is -2.81. The van der Waals surface area contributed by atoms with E-state index in [1.165, 1.54) is 38.5 Å². The fourth-order valence-corrected chi connectivity index (χ4v) is 10.4. The van der Waals surface area contributed by atoms with E-state index in [9.17, 15) is 33.6 Å². The van der Waals surface area contributed by atoms with Crippen molar-refractivity contribution < 1.29 is 61.8 Å². The molecule has 18 nitrogen and oxygen atoms in total. The number of methoxy groups -OCH3 is 2. The number of hydrogen-bond acceptors (Lipinski definition) is 15. The highest BCUT2D eigenvalue weighted by Gasteiger charge is 2.39. The van der Waals surface area contributed by atoms with E-state index in [-0.39, 0.29) is 80.8 Å². The van der Waals surface area contributed by atoms with Crippen molar-refractivity contribution in [1.82, 2.24) is 15.4 Å². The molecule has 5 aromatic rings. The van der Waals surface area contributed by atoms with Gasteiger partial charge in [-0.3, -0.25) is 24.1 Å². The molecule has 4 heterocycles. The molecule has 1 saturated heterocycles. The van der Waals surface area contributed by atoms with Crippen LogP contribution in [0.15, 0.2) is 63.9 Å². The number of esters is 1. The maximum atomic E-state index is 14.3. The lowest BCUT2D eigenvalue weighted by Gasteiger charge is -2.25. The molecule has 2 aromatic heterocycles. The van der Waals surface area contributed by atoms with Crippen LogP contribution in [0.5, 0.6) is 11.5 Å². The molecule has 3 aromatic carbocycles. The van der Waals surface area contributed by atoms with Crippen molar-refractivity contribution in [3.8, 4) is 11.5 Å². The lowest BCUT2D eigenvalue weighted by Crippen LogP contribution is -2.33. The lowest BCUT2D eigenvalue weighted by atomic mass is 9.95. The van der Waals surface area contributed by atoms with Gasteiger partial charge in [-0.1, -0.05) is 33.7 Å². The molecule has 0 radical (unpaired) electrons. The molecule has 5 amide bonds. The Morgan fingerprint density at radius 1 is 1.01 bits per heavy atom. The third-order valence-corrected chi connectivity index (χ3v) is 14.7. The van der Waals surface area contributed by atoms with Gasteiger partial charge in [-0.15, -0.1) is 16.7 Å². The number of alkyl halides is 1. The van der Waals surface area contributed by atoms with Crippen LogP contribution in [-0.2, 0) is 33.5 Å². The monoisotopic (exact) mass is 977 g/mol. The van der Waals surface area contributed by atoms with Crippen LogP contribution in [0.1, 0.15) is 77.6 Å². The number of amides is 5. The van der Waals surface area contributed by atoms with Crippen LogP contribution in [0, 0.1) is 6.92 Å². The van der Waals surface area contributed by atoms with Gasteiger partial charge in [0.25, 0.3) is 17.7 Å². The number of benzene rings is 3. The Labute approximate surface area is 397 Å². The van der Waals surface area contributed by atoms with Crippen LogP contribution in [-0.4, -0.2) is 110 Å². The van der Waals surface area contributed by atoms with Gasteiger partial charge in [0.15, 0.2) is 11.5 Å². The average Bonchev–Trinajstić information content (AvgIpc) is 4.08. The molecule has 0 bridgehead atoms. The van der Waals surface area contributed by atoms with Gasteiger partial charge in [0, 0.05) is 83.4 Å². The number of carbonyl (C=O) groups is 7. The molecule has 0 spiro atoms. The number of hydrogen-bond donors (Lipinski definition) is 2. The minimum Gasteiger partial charge on any atom is -0.497 e. The molecule has 1 atom stereocenters. The summed E-state index contributed by atoms with van der Waals surface area (Å²) in [7, 11) is 7.19. The summed E-state index contributed by atoms with van der Waals surface area (Å²) < 4.78 is 27.5. The van der Waals surface area contributed by atoms with Crippen molar-refractivity contribution in [3.63, 3.8) is 0 Å². The van der Waals surface area contributed by atoms with Crippen LogP contribution in [0.25, 0.3) is 21.9 Å². The fourth-order valence-electron chi connectivity index (χ4n) is 7.70. The third kappa shape index (κ3) is 10.7. The second-order valence-corrected chi connectivity index (χ2v) is 19.4. The van der Waals surface area contributed by atoms with Crippen LogP contribution < -0.4 is 24.6 Å². The number of fused-ring (bicyclic) bond motifs is 4. The summed E-state index contributed by atoms with van der Waals surface area (Å²) >= 11 is 6.57. The summed E-state index contributed by atoms with van der Waals surface area (Å²) in [4.78, 5) is 102. The molecule has 0 unspecified atom stereocenters. The number of furan rings is 1. The Balaban J connectivity index is 1.02. The van der Waals surface area contributed by atoms with Crippen LogP contribution >= 0.6 is 33.2 Å². The zero-order valence-corrected chi connectivity index (χ0v) is 39.9. The predicted octanol–water partition coefficient (Wildman–Crippen LogP) is 7.67. The topological polar surface area (TPSA) is 216 Å². The van der Waals surface area contributed by atoms with Crippen molar-refractivity contribution in [2.75, 3.05) is 63.3 Å². The van der Waals surface area contributed by atoms with E-state index in [1.807, 2.05) is 26.0 Å². The van der Waals surface area contributed by atoms with Crippen molar-refractivity contribution in [3.05, 3.63) is 77.2 Å². The fraction of sp³-hybridized carbons (Fsp3) is 0.370. The number of anilines is 2. The summed E-state index contributed by atoms with van der Waals surface area (Å²) in [5.41, 5.74) is 3.03. The number of aryl methyl sites for hydroxylation is 1. The Hall–Kier alpha value is -6.22. The van der Waals surface area contributed by atoms with Crippen molar-refractivity contribution >= 4 is 108 Å². The molecule has 0 aliphatic carbocycles. The number of H-pyrrole nitrogens is 1. The van der Waals surface area contributed by atoms with E-state index < -0.39 is 46.4 Å². The minimum atomic E-state index is -0.776. The largest absolute Gasteiger partial charge is 0.497 e. The zero-order chi connectivity index (χ0) is 48.2. The van der Waals surface area contributed by atoms with E-state index in [1.54, 1.807) is 63.5 Å². The first kappa shape index (κ1) is 48.7. The zero-order valence-electron chi connectivity index (χ0n) is 37.5. The number of aromatic nitrogens is 1. The van der Waals surface area contributed by atoms with Gasteiger partial charge >= 0.3 is 18.0 Å². The van der Waals surface area contributed by atoms with Gasteiger partial charge in [0.1, 0.15) is 11.3 Å². The molecule has 354 valence electrons. The number of imide groups is 1. The van der Waals surface area contributed by atoms with Gasteiger partial charge in [-0.25, -0.2) is 14.4 Å². The van der Waals surface area contributed by atoms with Crippen molar-refractivity contribution in [1.29, 1.82) is 0 Å². The van der Waals surface area contributed by atoms with Crippen molar-refractivity contribution in [2.45, 2.75) is 62.0 Å². The highest BCUT2D eigenvalue weighted by atomic mass is 35.5. The van der Waals surface area contributed by atoms with Crippen molar-refractivity contribution in [2.24, 2.45) is 0 Å². The molecular weight excluding hydrogens is 930 g/mol. The maximum absolute atomic E-state index is 14.3. The SMILES string of the molecule is COC(=O)c1c(C)[nH]c2c(OC(=O)N(C)c3ccccc3SSC(C)(C)CC(=O)NCCOCCC(=O)ON3C(=O)CCC3=O)cc3c(c12)[C@H](CCl)CN3C(=O)c1cc2cc(OC)ccc2o1. The first-order valence-electron chi connectivity index (χ1n) is 21.1. The maximum Gasteiger partial charge on any atom is 0.419 e.